The summed E-state index contributed by atoms with van der Waals surface area (Å²) in [5, 5.41) is 14.8. The van der Waals surface area contributed by atoms with Gasteiger partial charge < -0.3 is 20.5 Å². The van der Waals surface area contributed by atoms with Crippen LogP contribution in [0.1, 0.15) is 24.8 Å². The Morgan fingerprint density at radius 1 is 1.17 bits per heavy atom. The molecule has 3 atom stereocenters. The highest BCUT2D eigenvalue weighted by Gasteiger charge is 2.37. The van der Waals surface area contributed by atoms with Crippen LogP contribution in [-0.2, 0) is 25.5 Å². The van der Waals surface area contributed by atoms with Crippen molar-refractivity contribution in [1.29, 1.82) is 0 Å². The summed E-state index contributed by atoms with van der Waals surface area (Å²) in [6.07, 6.45) is 2.85. The molecule has 29 heavy (non-hydrogen) atoms. The third-order valence-corrected chi connectivity index (χ3v) is 5.36. The number of epoxide rings is 1. The maximum atomic E-state index is 12.5. The number of benzene rings is 1. The van der Waals surface area contributed by atoms with E-state index in [4.69, 9.17) is 4.74 Å². The number of nitrogens with one attached hydrogen (secondary N) is 2. The quantitative estimate of drug-likeness (QED) is 0.461. The van der Waals surface area contributed by atoms with Crippen molar-refractivity contribution in [3.63, 3.8) is 0 Å². The first-order chi connectivity index (χ1) is 14.1. The van der Waals surface area contributed by atoms with Crippen molar-refractivity contribution >= 4 is 17.6 Å². The van der Waals surface area contributed by atoms with E-state index in [0.29, 0.717) is 13.0 Å². The number of nitrogens with zero attached hydrogens (tertiary/aromatic N) is 1. The zero-order chi connectivity index (χ0) is 20.6. The number of rotatable bonds is 10. The predicted molar refractivity (Wildman–Crippen MR) is 106 cm³/mol. The summed E-state index contributed by atoms with van der Waals surface area (Å²) in [4.78, 5) is 38.9. The van der Waals surface area contributed by atoms with Crippen LogP contribution in [0, 0.1) is 0 Å². The highest BCUT2D eigenvalue weighted by Crippen LogP contribution is 2.16. The Kier molecular flexibility index (Phi) is 7.74. The number of piperidine rings is 1. The number of aliphatic hydroxyl groups excluding tert-OH is 1. The van der Waals surface area contributed by atoms with E-state index < -0.39 is 18.1 Å². The first-order valence-electron chi connectivity index (χ1n) is 10.2. The molecule has 0 radical (unpaired) electrons. The number of carbonyl (C=O) groups is 3. The minimum Gasteiger partial charge on any atom is -0.395 e. The highest BCUT2D eigenvalue weighted by atomic mass is 16.6. The number of hydrogen-bond donors (Lipinski definition) is 3. The number of carbonyl (C=O) groups excluding carboxylic acids is 3. The summed E-state index contributed by atoms with van der Waals surface area (Å²) < 4.78 is 5.08. The normalized spacial score (nSPS) is 22.5. The van der Waals surface area contributed by atoms with E-state index in [1.54, 1.807) is 0 Å². The fourth-order valence-electron chi connectivity index (χ4n) is 3.65. The third kappa shape index (κ3) is 6.62. The van der Waals surface area contributed by atoms with Crippen LogP contribution in [0.4, 0.5) is 0 Å². The van der Waals surface area contributed by atoms with E-state index in [1.807, 2.05) is 35.2 Å². The van der Waals surface area contributed by atoms with Crippen LogP contribution in [0.5, 0.6) is 0 Å². The molecule has 2 heterocycles. The van der Waals surface area contributed by atoms with Gasteiger partial charge in [-0.2, -0.15) is 0 Å². The molecule has 0 aliphatic carbocycles. The van der Waals surface area contributed by atoms with Gasteiger partial charge in [0.2, 0.25) is 11.8 Å². The van der Waals surface area contributed by atoms with Gasteiger partial charge in [-0.15, -0.1) is 0 Å². The van der Waals surface area contributed by atoms with Gasteiger partial charge in [0.15, 0.2) is 5.78 Å². The predicted octanol–water partition coefficient (Wildman–Crippen LogP) is -0.355. The highest BCUT2D eigenvalue weighted by molar-refractivity contribution is 5.94. The second kappa shape index (κ2) is 10.5. The molecular formula is C21H29N3O5. The molecule has 3 rings (SSSR count). The smallest absolute Gasteiger partial charge is 0.239 e. The fraction of sp³-hybridized carbons (Fsp3) is 0.571. The third-order valence-electron chi connectivity index (χ3n) is 5.36. The van der Waals surface area contributed by atoms with Gasteiger partial charge in [0.1, 0.15) is 6.10 Å². The molecule has 2 aliphatic rings. The lowest BCUT2D eigenvalue weighted by Gasteiger charge is -2.33. The number of likely N-dealkylation sites (tertiary alicyclic amines) is 1. The Labute approximate surface area is 170 Å². The van der Waals surface area contributed by atoms with E-state index in [9.17, 15) is 19.5 Å². The monoisotopic (exact) mass is 403 g/mol. The molecule has 2 aliphatic heterocycles. The second-order valence-corrected chi connectivity index (χ2v) is 7.61. The summed E-state index contributed by atoms with van der Waals surface area (Å²) >= 11 is 0. The lowest BCUT2D eigenvalue weighted by atomic mass is 10.0. The summed E-state index contributed by atoms with van der Waals surface area (Å²) in [6, 6.07) is 8.77. The first-order valence-corrected chi connectivity index (χ1v) is 10.2. The number of hydrogen-bond acceptors (Lipinski definition) is 6. The van der Waals surface area contributed by atoms with Crippen LogP contribution in [0.2, 0.25) is 0 Å². The molecule has 3 unspecified atom stereocenters. The van der Waals surface area contributed by atoms with E-state index in [0.717, 1.165) is 31.4 Å². The minimum absolute atomic E-state index is 0.00487. The molecule has 0 aromatic heterocycles. The summed E-state index contributed by atoms with van der Waals surface area (Å²) in [5.74, 6) is -0.824. The molecule has 0 saturated carbocycles. The van der Waals surface area contributed by atoms with Gasteiger partial charge in [-0.1, -0.05) is 36.8 Å². The van der Waals surface area contributed by atoms with E-state index in [2.05, 4.69) is 10.6 Å². The molecule has 2 amide bonds. The Hall–Kier alpha value is -2.29. The van der Waals surface area contributed by atoms with Crippen molar-refractivity contribution in [2.45, 2.75) is 43.9 Å². The van der Waals surface area contributed by atoms with Crippen molar-refractivity contribution in [1.82, 2.24) is 15.5 Å². The number of amides is 2. The van der Waals surface area contributed by atoms with Gasteiger partial charge >= 0.3 is 0 Å². The van der Waals surface area contributed by atoms with E-state index in [-0.39, 0.29) is 37.4 Å². The Morgan fingerprint density at radius 3 is 2.62 bits per heavy atom. The van der Waals surface area contributed by atoms with Gasteiger partial charge in [0.25, 0.3) is 0 Å². The van der Waals surface area contributed by atoms with Crippen LogP contribution in [0.25, 0.3) is 0 Å². The van der Waals surface area contributed by atoms with Crippen molar-refractivity contribution in [2.24, 2.45) is 0 Å². The van der Waals surface area contributed by atoms with Crippen LogP contribution in [0.15, 0.2) is 30.3 Å². The molecule has 2 fully saturated rings. The summed E-state index contributed by atoms with van der Waals surface area (Å²) in [6.45, 7) is 1.14. The lowest BCUT2D eigenvalue weighted by molar-refractivity contribution is -0.130. The minimum atomic E-state index is -0.685. The van der Waals surface area contributed by atoms with Crippen molar-refractivity contribution < 1.29 is 24.2 Å². The van der Waals surface area contributed by atoms with Crippen LogP contribution in [-0.4, -0.2) is 78.6 Å². The average molecular weight is 403 g/mol. The SMILES string of the molecule is O=C(CN1CCCCC1CO)NCC(=O)NC(Cc1ccccc1)C(=O)C1CO1. The molecule has 0 spiro atoms. The largest absolute Gasteiger partial charge is 0.395 e. The van der Waals surface area contributed by atoms with Gasteiger partial charge in [0.05, 0.1) is 32.3 Å². The fourth-order valence-corrected chi connectivity index (χ4v) is 3.65. The molecule has 2 saturated heterocycles. The van der Waals surface area contributed by atoms with E-state index >= 15 is 0 Å². The Balaban J connectivity index is 1.47. The lowest BCUT2D eigenvalue weighted by Crippen LogP contribution is -2.50. The van der Waals surface area contributed by atoms with Crippen LogP contribution in [0.3, 0.4) is 0 Å². The van der Waals surface area contributed by atoms with Gasteiger partial charge in [-0.3, -0.25) is 19.3 Å². The van der Waals surface area contributed by atoms with Crippen molar-refractivity contribution in [3.05, 3.63) is 35.9 Å². The number of aliphatic hydroxyl groups is 1. The molecule has 158 valence electrons. The van der Waals surface area contributed by atoms with Gasteiger partial charge in [-0.25, -0.2) is 0 Å². The molecule has 8 nitrogen and oxygen atoms in total. The van der Waals surface area contributed by atoms with Crippen LogP contribution < -0.4 is 10.6 Å². The number of ether oxygens (including phenoxy) is 1. The maximum absolute atomic E-state index is 12.5. The topological polar surface area (TPSA) is 111 Å². The summed E-state index contributed by atoms with van der Waals surface area (Å²) in [7, 11) is 0. The zero-order valence-electron chi connectivity index (χ0n) is 16.5. The Morgan fingerprint density at radius 2 is 1.93 bits per heavy atom. The van der Waals surface area contributed by atoms with Gasteiger partial charge in [0, 0.05) is 6.04 Å². The molecule has 3 N–H and O–H groups in total. The van der Waals surface area contributed by atoms with E-state index in [1.165, 1.54) is 0 Å². The summed E-state index contributed by atoms with van der Waals surface area (Å²) in [5.41, 5.74) is 0.941. The molecule has 1 aromatic rings. The van der Waals surface area contributed by atoms with Crippen molar-refractivity contribution in [3.8, 4) is 0 Å². The second-order valence-electron chi connectivity index (χ2n) is 7.61. The molecule has 0 bridgehead atoms. The first kappa shape index (κ1) is 21.4. The van der Waals surface area contributed by atoms with Crippen molar-refractivity contribution in [2.75, 3.05) is 32.8 Å². The molecule has 8 heteroatoms. The number of ketones is 1. The van der Waals surface area contributed by atoms with Crippen LogP contribution >= 0.6 is 0 Å². The standard InChI is InChI=1S/C21H29N3O5/c25-13-16-8-4-5-9-24(16)12-20(27)22-11-19(26)23-17(21(28)18-14-29-18)10-15-6-2-1-3-7-15/h1-3,6-7,16-18,25H,4-5,8-14H2,(H,22,27)(H,23,26). The molecule has 1 aromatic carbocycles. The van der Waals surface area contributed by atoms with Gasteiger partial charge in [-0.05, 0) is 31.4 Å². The Bertz CT molecular complexity index is 708. The zero-order valence-corrected chi connectivity index (χ0v) is 16.5. The molecular weight excluding hydrogens is 374 g/mol. The maximum Gasteiger partial charge on any atom is 0.239 e. The average Bonchev–Trinajstić information content (AvgIpc) is 3.58. The number of Topliss-reactive ketones (excluding diaryl/α,β-unsaturated/α-hetero) is 1.